The fourth-order valence-corrected chi connectivity index (χ4v) is 11.2. The van der Waals surface area contributed by atoms with Gasteiger partial charge in [0.2, 0.25) is 0 Å². The number of allylic oxidation sites excluding steroid dienone is 2. The Balaban J connectivity index is 1.21. The minimum absolute atomic E-state index is 0.0595. The van der Waals surface area contributed by atoms with E-state index in [1.807, 2.05) is 26.0 Å². The molecule has 2 heterocycles. The smallest absolute Gasteiger partial charge is 0.143 e. The van der Waals surface area contributed by atoms with Crippen molar-refractivity contribution in [1.82, 2.24) is 0 Å². The van der Waals surface area contributed by atoms with Crippen molar-refractivity contribution in [3.05, 3.63) is 190 Å². The Morgan fingerprint density at radius 2 is 1.10 bits per heavy atom. The standard InChI is InChI=1S/C59H44F2O2/c1-30-16-31(2)19-38(18-30)36-8-12-46-49-26-40-24-48(45-14-11-43(61)23-35(45)6)56-54-41(25-47(44-13-10-42(60)22-34(44)5)55(53(40)54)57(49)62-52(46)28-36)27-50-51-15-9-37(29-59(51,7)63-58(50)56)39-20-32(3)17-33(4)21-39/h8-29,51H,1-7H3. The Morgan fingerprint density at radius 1 is 0.508 bits per heavy atom. The first-order valence-electron chi connectivity index (χ1n) is 21.8. The fraction of sp³-hybridized carbons (Fsp3) is 0.153. The van der Waals surface area contributed by atoms with Gasteiger partial charge in [0.1, 0.15) is 34.2 Å². The van der Waals surface area contributed by atoms with Crippen molar-refractivity contribution in [2.24, 2.45) is 0 Å². The van der Waals surface area contributed by atoms with Crippen LogP contribution in [-0.2, 0) is 0 Å². The first kappa shape index (κ1) is 37.7. The lowest BCUT2D eigenvalue weighted by Gasteiger charge is -2.30. The average Bonchev–Trinajstić information content (AvgIpc) is 3.74. The number of rotatable bonds is 4. The predicted octanol–water partition coefficient (Wildman–Crippen LogP) is 16.5. The van der Waals surface area contributed by atoms with Crippen LogP contribution in [-0.4, -0.2) is 5.60 Å². The van der Waals surface area contributed by atoms with E-state index in [-0.39, 0.29) is 17.6 Å². The van der Waals surface area contributed by atoms with Crippen molar-refractivity contribution < 1.29 is 17.9 Å². The molecule has 2 nitrogen and oxygen atoms in total. The first-order chi connectivity index (χ1) is 30.3. The van der Waals surface area contributed by atoms with Crippen LogP contribution >= 0.6 is 0 Å². The van der Waals surface area contributed by atoms with E-state index in [0.717, 1.165) is 116 Å². The van der Waals surface area contributed by atoms with Crippen LogP contribution in [0, 0.1) is 53.2 Å². The van der Waals surface area contributed by atoms with Crippen LogP contribution in [0.25, 0.3) is 93.2 Å². The molecule has 10 aromatic rings. The zero-order valence-electron chi connectivity index (χ0n) is 36.4. The van der Waals surface area contributed by atoms with E-state index in [1.165, 1.54) is 27.8 Å². The summed E-state index contributed by atoms with van der Waals surface area (Å²) in [6, 6.07) is 39.1. The zero-order chi connectivity index (χ0) is 43.2. The summed E-state index contributed by atoms with van der Waals surface area (Å²) in [5.74, 6) is 0.240. The molecule has 12 rings (SSSR count). The van der Waals surface area contributed by atoms with Gasteiger partial charge in [-0.05, 0) is 182 Å². The van der Waals surface area contributed by atoms with Gasteiger partial charge in [0, 0.05) is 43.8 Å². The molecule has 0 fully saturated rings. The Morgan fingerprint density at radius 3 is 1.73 bits per heavy atom. The van der Waals surface area contributed by atoms with Gasteiger partial charge in [0.05, 0.1) is 0 Å². The Kier molecular flexibility index (Phi) is 7.92. The molecule has 1 aromatic heterocycles. The molecule has 0 N–H and O–H groups in total. The van der Waals surface area contributed by atoms with E-state index >= 15 is 0 Å². The van der Waals surface area contributed by atoms with E-state index in [9.17, 15) is 8.78 Å². The van der Waals surface area contributed by atoms with Crippen LogP contribution in [0.2, 0.25) is 0 Å². The molecular formula is C59H44F2O2. The molecule has 2 aliphatic rings. The molecule has 2 unspecified atom stereocenters. The highest BCUT2D eigenvalue weighted by molar-refractivity contribution is 6.36. The maximum Gasteiger partial charge on any atom is 0.143 e. The van der Waals surface area contributed by atoms with Gasteiger partial charge in [0.15, 0.2) is 0 Å². The molecule has 0 bridgehead atoms. The van der Waals surface area contributed by atoms with Gasteiger partial charge in [-0.1, -0.05) is 89.0 Å². The van der Waals surface area contributed by atoms with Crippen LogP contribution in [0.4, 0.5) is 8.78 Å². The second kappa shape index (κ2) is 13.2. The van der Waals surface area contributed by atoms with Crippen LogP contribution in [0.5, 0.6) is 5.75 Å². The molecule has 1 aliphatic heterocycles. The maximum absolute atomic E-state index is 14.9. The number of benzene rings is 9. The molecular weight excluding hydrogens is 779 g/mol. The number of ether oxygens (including phenoxy) is 1. The molecule has 0 saturated heterocycles. The van der Waals surface area contributed by atoms with Crippen LogP contribution < -0.4 is 4.74 Å². The number of halogens is 2. The zero-order valence-corrected chi connectivity index (χ0v) is 36.4. The van der Waals surface area contributed by atoms with E-state index in [0.29, 0.717) is 0 Å². The summed E-state index contributed by atoms with van der Waals surface area (Å²) in [5, 5.41) is 8.19. The summed E-state index contributed by atoms with van der Waals surface area (Å²) >= 11 is 0. The number of aryl methyl sites for hydroxylation is 6. The summed E-state index contributed by atoms with van der Waals surface area (Å²) in [4.78, 5) is 0. The van der Waals surface area contributed by atoms with Gasteiger partial charge in [0.25, 0.3) is 0 Å². The van der Waals surface area contributed by atoms with Crippen molar-refractivity contribution in [3.63, 3.8) is 0 Å². The first-order valence-corrected chi connectivity index (χ1v) is 21.8. The molecule has 4 heteroatoms. The monoisotopic (exact) mass is 822 g/mol. The van der Waals surface area contributed by atoms with Crippen molar-refractivity contribution >= 4 is 59.8 Å². The second-order valence-electron chi connectivity index (χ2n) is 18.5. The molecule has 2 atom stereocenters. The van der Waals surface area contributed by atoms with Crippen LogP contribution in [0.15, 0.2) is 138 Å². The third-order valence-corrected chi connectivity index (χ3v) is 13.8. The van der Waals surface area contributed by atoms with E-state index < -0.39 is 5.60 Å². The molecule has 0 amide bonds. The molecule has 0 spiro atoms. The van der Waals surface area contributed by atoms with E-state index in [2.05, 4.69) is 132 Å². The van der Waals surface area contributed by atoms with Gasteiger partial charge in [-0.25, -0.2) is 8.78 Å². The van der Waals surface area contributed by atoms with Gasteiger partial charge in [-0.3, -0.25) is 0 Å². The molecule has 306 valence electrons. The maximum atomic E-state index is 14.9. The molecule has 63 heavy (non-hydrogen) atoms. The predicted molar refractivity (Wildman–Crippen MR) is 257 cm³/mol. The molecule has 0 saturated carbocycles. The lowest BCUT2D eigenvalue weighted by Crippen LogP contribution is -2.33. The third kappa shape index (κ3) is 5.66. The highest BCUT2D eigenvalue weighted by Gasteiger charge is 2.45. The fourth-order valence-electron chi connectivity index (χ4n) is 11.2. The Labute approximate surface area is 365 Å². The van der Waals surface area contributed by atoms with Gasteiger partial charge >= 0.3 is 0 Å². The molecule has 9 aromatic carbocycles. The third-order valence-electron chi connectivity index (χ3n) is 13.8. The molecule has 0 radical (unpaired) electrons. The quantitative estimate of drug-likeness (QED) is 0.165. The SMILES string of the molecule is Cc1cc(C)cc(C2=CC3(C)Oc4c(cc5cc(-c6ccc(F)cc6C)c6c7oc8cc(-c9cc(C)cc(C)c9)ccc8c7cc7cc(-c8ccc(F)cc8C)c4c5c76)C3C=C2)c1. The summed E-state index contributed by atoms with van der Waals surface area (Å²) in [6.07, 6.45) is 6.83. The highest BCUT2D eigenvalue weighted by Crippen LogP contribution is 2.58. The topological polar surface area (TPSA) is 22.4 Å². The minimum atomic E-state index is -0.674. The Bertz CT molecular complexity index is 3670. The van der Waals surface area contributed by atoms with Crippen molar-refractivity contribution in [2.75, 3.05) is 0 Å². The summed E-state index contributed by atoms with van der Waals surface area (Å²) in [5.41, 5.74) is 17.0. The normalized spacial score (nSPS) is 17.0. The van der Waals surface area contributed by atoms with Crippen LogP contribution in [0.3, 0.4) is 0 Å². The average molecular weight is 823 g/mol. The summed E-state index contributed by atoms with van der Waals surface area (Å²) < 4.78 is 44.3. The van der Waals surface area contributed by atoms with Crippen molar-refractivity contribution in [3.8, 4) is 39.1 Å². The summed E-state index contributed by atoms with van der Waals surface area (Å²) in [6.45, 7) is 14.7. The molecule has 1 aliphatic carbocycles. The van der Waals surface area contributed by atoms with Gasteiger partial charge in [-0.2, -0.15) is 0 Å². The number of hydrogen-bond acceptors (Lipinski definition) is 2. The van der Waals surface area contributed by atoms with Crippen LogP contribution in [0.1, 0.15) is 57.3 Å². The van der Waals surface area contributed by atoms with Gasteiger partial charge < -0.3 is 9.15 Å². The lowest BCUT2D eigenvalue weighted by molar-refractivity contribution is 0.158. The minimum Gasteiger partial charge on any atom is -0.482 e. The van der Waals surface area contributed by atoms with Gasteiger partial charge in [-0.15, -0.1) is 0 Å². The largest absolute Gasteiger partial charge is 0.482 e. The number of fused-ring (bicyclic) bond motifs is 8. The Hall–Kier alpha value is -7.04. The van der Waals surface area contributed by atoms with E-state index in [1.54, 1.807) is 24.3 Å². The summed E-state index contributed by atoms with van der Waals surface area (Å²) in [7, 11) is 0. The highest BCUT2D eigenvalue weighted by atomic mass is 19.1. The number of hydrogen-bond donors (Lipinski definition) is 0. The number of furan rings is 1. The van der Waals surface area contributed by atoms with E-state index in [4.69, 9.17) is 9.15 Å². The van der Waals surface area contributed by atoms with Crippen molar-refractivity contribution in [2.45, 2.75) is 60.0 Å². The second-order valence-corrected chi connectivity index (χ2v) is 18.5. The lowest BCUT2D eigenvalue weighted by atomic mass is 9.77. The van der Waals surface area contributed by atoms with Crippen molar-refractivity contribution in [1.29, 1.82) is 0 Å².